The van der Waals surface area contributed by atoms with Crippen molar-refractivity contribution in [3.63, 3.8) is 0 Å². The number of nitrogens with one attached hydrogen (secondary N) is 2. The Balaban J connectivity index is 1.31. The van der Waals surface area contributed by atoms with Gasteiger partial charge in [-0.2, -0.15) is 0 Å². The van der Waals surface area contributed by atoms with E-state index >= 15 is 0 Å². The van der Waals surface area contributed by atoms with Crippen LogP contribution in [0.15, 0.2) is 60.7 Å². The van der Waals surface area contributed by atoms with E-state index in [2.05, 4.69) is 22.5 Å². The number of halogens is 2. The Kier molecular flexibility index (Phi) is 10.1. The minimum atomic E-state index is -0.451. The Morgan fingerprint density at radius 3 is 2.35 bits per heavy atom. The summed E-state index contributed by atoms with van der Waals surface area (Å²) in [5.74, 6) is 0.695. The fraction of sp³-hybridized carbons (Fsp3) is 0.276. The molecule has 0 radical (unpaired) electrons. The number of ether oxygens (including phenoxy) is 2. The second-order valence-corrected chi connectivity index (χ2v) is 10.3. The molecule has 2 amide bonds. The molecular formula is C29H30Cl2N4O4S. The Hall–Kier alpha value is -3.53. The molecule has 210 valence electrons. The fourth-order valence-electron chi connectivity index (χ4n) is 4.28. The second-order valence-electron chi connectivity index (χ2n) is 9.07. The molecule has 0 saturated carbocycles. The van der Waals surface area contributed by atoms with Crippen LogP contribution in [0, 0.1) is 0 Å². The monoisotopic (exact) mass is 600 g/mol. The fourth-order valence-corrected chi connectivity index (χ4v) is 4.96. The summed E-state index contributed by atoms with van der Waals surface area (Å²) in [4.78, 5) is 29.6. The van der Waals surface area contributed by atoms with Gasteiger partial charge in [-0.1, -0.05) is 30.1 Å². The molecule has 0 atom stereocenters. The molecule has 0 unspecified atom stereocenters. The maximum Gasteiger partial charge on any atom is 0.261 e. The number of rotatable bonds is 8. The van der Waals surface area contributed by atoms with E-state index in [4.69, 9.17) is 44.9 Å². The van der Waals surface area contributed by atoms with E-state index in [0.29, 0.717) is 59.8 Å². The molecular weight excluding hydrogens is 571 g/mol. The summed E-state index contributed by atoms with van der Waals surface area (Å²) < 4.78 is 10.8. The van der Waals surface area contributed by atoms with Gasteiger partial charge in [0.25, 0.3) is 11.8 Å². The van der Waals surface area contributed by atoms with Gasteiger partial charge in [-0.3, -0.25) is 14.9 Å². The third-order valence-electron chi connectivity index (χ3n) is 6.32. The lowest BCUT2D eigenvalue weighted by atomic mass is 10.1. The van der Waals surface area contributed by atoms with E-state index in [1.54, 1.807) is 30.3 Å². The van der Waals surface area contributed by atoms with Crippen molar-refractivity contribution in [2.24, 2.45) is 0 Å². The van der Waals surface area contributed by atoms with Gasteiger partial charge in [0.15, 0.2) is 5.11 Å². The zero-order valence-electron chi connectivity index (χ0n) is 22.2. The van der Waals surface area contributed by atoms with E-state index in [1.807, 2.05) is 29.2 Å². The number of thiocarbonyl (C=S) groups is 1. The molecule has 1 heterocycles. The van der Waals surface area contributed by atoms with Gasteiger partial charge in [0.05, 0.1) is 30.0 Å². The lowest BCUT2D eigenvalue weighted by molar-refractivity contribution is 0.0746. The van der Waals surface area contributed by atoms with Gasteiger partial charge in [0.2, 0.25) is 0 Å². The van der Waals surface area contributed by atoms with Gasteiger partial charge in [-0.15, -0.1) is 0 Å². The van der Waals surface area contributed by atoms with Crippen molar-refractivity contribution in [1.29, 1.82) is 0 Å². The number of methoxy groups -OCH3 is 1. The first-order chi connectivity index (χ1) is 19.3. The molecule has 1 aliphatic heterocycles. The highest BCUT2D eigenvalue weighted by atomic mass is 35.5. The molecule has 3 aromatic rings. The first-order valence-electron chi connectivity index (χ1n) is 12.8. The SMILES string of the molecule is CCCOc1ccc(C(=O)N2CCN(c3ccc(NC(=S)NC(=O)c4cc(Cl)ccc4OC)cc3Cl)CC2)cc1. The number of benzene rings is 3. The predicted octanol–water partition coefficient (Wildman–Crippen LogP) is 5.88. The number of hydrogen-bond donors (Lipinski definition) is 2. The number of anilines is 2. The van der Waals surface area contributed by atoms with Crippen molar-refractivity contribution < 1.29 is 19.1 Å². The number of nitrogens with zero attached hydrogens (tertiary/aromatic N) is 2. The van der Waals surface area contributed by atoms with Gasteiger partial charge >= 0.3 is 0 Å². The molecule has 8 nitrogen and oxygen atoms in total. The van der Waals surface area contributed by atoms with E-state index in [0.717, 1.165) is 17.9 Å². The van der Waals surface area contributed by atoms with Crippen molar-refractivity contribution in [2.75, 3.05) is 50.1 Å². The third kappa shape index (κ3) is 7.35. The van der Waals surface area contributed by atoms with Crippen LogP contribution in [0.1, 0.15) is 34.1 Å². The minimum Gasteiger partial charge on any atom is -0.496 e. The molecule has 0 aromatic heterocycles. The van der Waals surface area contributed by atoms with Crippen LogP contribution in [-0.2, 0) is 0 Å². The first kappa shape index (κ1) is 29.5. The van der Waals surface area contributed by atoms with Crippen LogP contribution < -0.4 is 25.0 Å². The number of carbonyl (C=O) groups is 2. The molecule has 3 aromatic carbocycles. The standard InChI is InChI=1S/C29H30Cl2N4O4S/c1-3-16-39-22-8-4-19(5-9-22)28(37)35-14-12-34(13-15-35)25-10-7-21(18-24(25)31)32-29(40)33-27(36)23-17-20(30)6-11-26(23)38-2/h4-11,17-18H,3,12-16H2,1-2H3,(H2,32,33,36,40). The maximum atomic E-state index is 13.0. The molecule has 1 aliphatic rings. The molecule has 1 fully saturated rings. The topological polar surface area (TPSA) is 83.1 Å². The van der Waals surface area contributed by atoms with Crippen LogP contribution in [0.3, 0.4) is 0 Å². The van der Waals surface area contributed by atoms with E-state index < -0.39 is 5.91 Å². The summed E-state index contributed by atoms with van der Waals surface area (Å²) in [6.45, 7) is 5.14. The smallest absolute Gasteiger partial charge is 0.261 e. The third-order valence-corrected chi connectivity index (χ3v) is 7.06. The van der Waals surface area contributed by atoms with E-state index in [1.165, 1.54) is 13.2 Å². The highest BCUT2D eigenvalue weighted by molar-refractivity contribution is 7.80. The molecule has 40 heavy (non-hydrogen) atoms. The Morgan fingerprint density at radius 2 is 1.70 bits per heavy atom. The van der Waals surface area contributed by atoms with Crippen LogP contribution in [0.2, 0.25) is 10.0 Å². The zero-order valence-corrected chi connectivity index (χ0v) is 24.5. The maximum absolute atomic E-state index is 13.0. The lowest BCUT2D eigenvalue weighted by Gasteiger charge is -2.36. The number of carbonyl (C=O) groups excluding carboxylic acids is 2. The molecule has 0 bridgehead atoms. The molecule has 0 spiro atoms. The first-order valence-corrected chi connectivity index (χ1v) is 14.0. The largest absolute Gasteiger partial charge is 0.496 e. The van der Waals surface area contributed by atoms with Crippen LogP contribution in [-0.4, -0.2) is 61.7 Å². The second kappa shape index (κ2) is 13.7. The molecule has 11 heteroatoms. The summed E-state index contributed by atoms with van der Waals surface area (Å²) >= 11 is 18.0. The normalized spacial score (nSPS) is 13.0. The van der Waals surface area contributed by atoms with E-state index in [9.17, 15) is 9.59 Å². The average molecular weight is 602 g/mol. The zero-order chi connectivity index (χ0) is 28.6. The summed E-state index contributed by atoms with van der Waals surface area (Å²) in [5, 5.41) is 6.65. The summed E-state index contributed by atoms with van der Waals surface area (Å²) in [6.07, 6.45) is 0.931. The lowest BCUT2D eigenvalue weighted by Crippen LogP contribution is -2.48. The van der Waals surface area contributed by atoms with Crippen molar-refractivity contribution >= 4 is 63.7 Å². The highest BCUT2D eigenvalue weighted by Crippen LogP contribution is 2.30. The van der Waals surface area contributed by atoms with Crippen LogP contribution in [0.4, 0.5) is 11.4 Å². The van der Waals surface area contributed by atoms with Crippen molar-refractivity contribution in [2.45, 2.75) is 13.3 Å². The summed E-state index contributed by atoms with van der Waals surface area (Å²) in [7, 11) is 1.47. The minimum absolute atomic E-state index is 0.00158. The van der Waals surface area contributed by atoms with Gasteiger partial charge in [-0.25, -0.2) is 0 Å². The van der Waals surface area contributed by atoms with E-state index in [-0.39, 0.29) is 16.6 Å². The Bertz CT molecular complexity index is 1380. The number of hydrogen-bond acceptors (Lipinski definition) is 6. The average Bonchev–Trinajstić information content (AvgIpc) is 2.96. The van der Waals surface area contributed by atoms with Crippen LogP contribution >= 0.6 is 35.4 Å². The molecule has 2 N–H and O–H groups in total. The van der Waals surface area contributed by atoms with Crippen LogP contribution in [0.5, 0.6) is 11.5 Å². The molecule has 0 aliphatic carbocycles. The van der Waals surface area contributed by atoms with Crippen molar-refractivity contribution in [3.05, 3.63) is 81.8 Å². The van der Waals surface area contributed by atoms with Gasteiger partial charge in [0.1, 0.15) is 11.5 Å². The molecule has 1 saturated heterocycles. The number of piperazine rings is 1. The molecule has 4 rings (SSSR count). The quantitative estimate of drug-likeness (QED) is 0.312. The Morgan fingerprint density at radius 1 is 0.975 bits per heavy atom. The van der Waals surface area contributed by atoms with Gasteiger partial charge < -0.3 is 24.6 Å². The van der Waals surface area contributed by atoms with Crippen LogP contribution in [0.25, 0.3) is 0 Å². The summed E-state index contributed by atoms with van der Waals surface area (Å²) in [5.41, 5.74) is 2.39. The summed E-state index contributed by atoms with van der Waals surface area (Å²) in [6, 6.07) is 17.5. The van der Waals surface area contributed by atoms with Crippen molar-refractivity contribution in [3.8, 4) is 11.5 Å². The van der Waals surface area contributed by atoms with Gasteiger partial charge in [0, 0.05) is 42.5 Å². The predicted molar refractivity (Wildman–Crippen MR) is 163 cm³/mol. The van der Waals surface area contributed by atoms with Crippen molar-refractivity contribution in [1.82, 2.24) is 10.2 Å². The Labute approximate surface area is 249 Å². The van der Waals surface area contributed by atoms with Gasteiger partial charge in [-0.05, 0) is 79.3 Å². The number of amides is 2. The highest BCUT2D eigenvalue weighted by Gasteiger charge is 2.24.